The Morgan fingerprint density at radius 1 is 1.57 bits per heavy atom. The Morgan fingerprint density at radius 3 is 3.00 bits per heavy atom. The summed E-state index contributed by atoms with van der Waals surface area (Å²) in [6, 6.07) is 0. The van der Waals surface area contributed by atoms with Crippen LogP contribution in [0, 0.1) is 5.92 Å². The zero-order valence-corrected chi connectivity index (χ0v) is 8.90. The standard InChI is InChI=1S/C10H18N4/c1-13-5-3-9(8-13)7-12-10-11-4-6-14(10)2/h4,6,9H,3,5,7-8H2,1-2H3,(H,11,12). The number of anilines is 1. The molecule has 1 saturated heterocycles. The highest BCUT2D eigenvalue weighted by atomic mass is 15.2. The molecule has 0 saturated carbocycles. The summed E-state index contributed by atoms with van der Waals surface area (Å²) in [5, 5.41) is 3.38. The van der Waals surface area contributed by atoms with Crippen LogP contribution in [-0.4, -0.2) is 41.1 Å². The second-order valence-corrected chi connectivity index (χ2v) is 4.16. The van der Waals surface area contributed by atoms with Crippen molar-refractivity contribution < 1.29 is 0 Å². The molecule has 1 aromatic heterocycles. The fourth-order valence-electron chi connectivity index (χ4n) is 1.96. The van der Waals surface area contributed by atoms with Crippen LogP contribution in [0.2, 0.25) is 0 Å². The minimum Gasteiger partial charge on any atom is -0.355 e. The average Bonchev–Trinajstić information content (AvgIpc) is 2.72. The molecule has 0 aromatic carbocycles. The van der Waals surface area contributed by atoms with Crippen molar-refractivity contribution in [2.75, 3.05) is 32.0 Å². The van der Waals surface area contributed by atoms with Crippen molar-refractivity contribution in [3.05, 3.63) is 12.4 Å². The van der Waals surface area contributed by atoms with Gasteiger partial charge < -0.3 is 14.8 Å². The molecule has 0 spiro atoms. The first-order chi connectivity index (χ1) is 6.75. The first kappa shape index (κ1) is 9.52. The maximum Gasteiger partial charge on any atom is 0.202 e. The summed E-state index contributed by atoms with van der Waals surface area (Å²) in [5.41, 5.74) is 0. The molecule has 4 nitrogen and oxygen atoms in total. The number of nitrogens with one attached hydrogen (secondary N) is 1. The topological polar surface area (TPSA) is 33.1 Å². The van der Waals surface area contributed by atoms with Gasteiger partial charge in [0, 0.05) is 32.5 Å². The Morgan fingerprint density at radius 2 is 2.43 bits per heavy atom. The lowest BCUT2D eigenvalue weighted by Gasteiger charge is -2.11. The van der Waals surface area contributed by atoms with Crippen LogP contribution in [0.25, 0.3) is 0 Å². The number of hydrogen-bond acceptors (Lipinski definition) is 3. The van der Waals surface area contributed by atoms with Crippen molar-refractivity contribution in [3.63, 3.8) is 0 Å². The lowest BCUT2D eigenvalue weighted by molar-refractivity contribution is 0.399. The number of imidazole rings is 1. The summed E-state index contributed by atoms with van der Waals surface area (Å²) in [4.78, 5) is 6.61. The highest BCUT2D eigenvalue weighted by Gasteiger charge is 2.19. The molecular weight excluding hydrogens is 176 g/mol. The molecule has 2 rings (SSSR count). The van der Waals surface area contributed by atoms with Gasteiger partial charge in [0.15, 0.2) is 0 Å². The molecule has 0 bridgehead atoms. The summed E-state index contributed by atoms with van der Waals surface area (Å²) in [6.45, 7) is 3.47. The molecule has 2 heterocycles. The second kappa shape index (κ2) is 4.00. The summed E-state index contributed by atoms with van der Waals surface area (Å²) in [6.07, 6.45) is 5.08. The molecule has 78 valence electrons. The number of aryl methyl sites for hydroxylation is 1. The third-order valence-corrected chi connectivity index (χ3v) is 2.86. The monoisotopic (exact) mass is 194 g/mol. The predicted molar refractivity (Wildman–Crippen MR) is 57.3 cm³/mol. The molecule has 1 atom stereocenters. The maximum atomic E-state index is 4.23. The normalized spacial score (nSPS) is 22.9. The van der Waals surface area contributed by atoms with Gasteiger partial charge >= 0.3 is 0 Å². The molecule has 0 radical (unpaired) electrons. The number of rotatable bonds is 3. The van der Waals surface area contributed by atoms with Crippen molar-refractivity contribution >= 4 is 5.95 Å². The van der Waals surface area contributed by atoms with Crippen LogP contribution in [0.5, 0.6) is 0 Å². The molecular formula is C10H18N4. The van der Waals surface area contributed by atoms with E-state index in [2.05, 4.69) is 22.2 Å². The SMILES string of the molecule is CN1CCC(CNc2nccn2C)C1. The van der Waals surface area contributed by atoms with E-state index < -0.39 is 0 Å². The van der Waals surface area contributed by atoms with Gasteiger partial charge in [-0.05, 0) is 25.9 Å². The van der Waals surface area contributed by atoms with E-state index >= 15 is 0 Å². The minimum atomic E-state index is 0.775. The second-order valence-electron chi connectivity index (χ2n) is 4.16. The molecule has 14 heavy (non-hydrogen) atoms. The van der Waals surface area contributed by atoms with Crippen LogP contribution in [0.4, 0.5) is 5.95 Å². The lowest BCUT2D eigenvalue weighted by atomic mass is 10.1. The van der Waals surface area contributed by atoms with Crippen LogP contribution in [0.1, 0.15) is 6.42 Å². The summed E-state index contributed by atoms with van der Waals surface area (Å²) < 4.78 is 2.01. The van der Waals surface area contributed by atoms with E-state index in [0.29, 0.717) is 0 Å². The molecule has 4 heteroatoms. The number of nitrogens with zero attached hydrogens (tertiary/aromatic N) is 3. The van der Waals surface area contributed by atoms with E-state index in [1.54, 1.807) is 0 Å². The fourth-order valence-corrected chi connectivity index (χ4v) is 1.96. The molecule has 1 aliphatic rings. The Balaban J connectivity index is 1.80. The third-order valence-electron chi connectivity index (χ3n) is 2.86. The van der Waals surface area contributed by atoms with E-state index in [1.807, 2.05) is 24.0 Å². The Labute approximate surface area is 84.9 Å². The summed E-state index contributed by atoms with van der Waals surface area (Å²) in [7, 11) is 4.19. The quantitative estimate of drug-likeness (QED) is 0.772. The van der Waals surface area contributed by atoms with Crippen molar-refractivity contribution in [1.82, 2.24) is 14.5 Å². The van der Waals surface area contributed by atoms with Crippen LogP contribution < -0.4 is 5.32 Å². The Bertz CT molecular complexity index is 294. The number of hydrogen-bond donors (Lipinski definition) is 1. The van der Waals surface area contributed by atoms with Gasteiger partial charge in [0.1, 0.15) is 0 Å². The average molecular weight is 194 g/mol. The van der Waals surface area contributed by atoms with Crippen molar-refractivity contribution in [3.8, 4) is 0 Å². The molecule has 1 aliphatic heterocycles. The highest BCUT2D eigenvalue weighted by molar-refractivity contribution is 5.25. The zero-order valence-electron chi connectivity index (χ0n) is 8.90. The van der Waals surface area contributed by atoms with E-state index in [1.165, 1.54) is 19.5 Å². The molecule has 0 amide bonds. The minimum absolute atomic E-state index is 0.775. The third kappa shape index (κ3) is 2.07. The maximum absolute atomic E-state index is 4.23. The molecule has 1 N–H and O–H groups in total. The van der Waals surface area contributed by atoms with Gasteiger partial charge in [0.05, 0.1) is 0 Å². The smallest absolute Gasteiger partial charge is 0.202 e. The van der Waals surface area contributed by atoms with Crippen LogP contribution in [0.3, 0.4) is 0 Å². The zero-order chi connectivity index (χ0) is 9.97. The van der Waals surface area contributed by atoms with E-state index in [-0.39, 0.29) is 0 Å². The highest BCUT2D eigenvalue weighted by Crippen LogP contribution is 2.14. The Hall–Kier alpha value is -1.03. The number of aromatic nitrogens is 2. The molecule has 1 aromatic rings. The van der Waals surface area contributed by atoms with E-state index in [4.69, 9.17) is 0 Å². The lowest BCUT2D eigenvalue weighted by Crippen LogP contribution is -2.20. The van der Waals surface area contributed by atoms with Gasteiger partial charge in [-0.25, -0.2) is 4.98 Å². The first-order valence-electron chi connectivity index (χ1n) is 5.15. The molecule has 0 aliphatic carbocycles. The van der Waals surface area contributed by atoms with Crippen molar-refractivity contribution in [2.24, 2.45) is 13.0 Å². The van der Waals surface area contributed by atoms with E-state index in [9.17, 15) is 0 Å². The van der Waals surface area contributed by atoms with Crippen molar-refractivity contribution in [2.45, 2.75) is 6.42 Å². The first-order valence-corrected chi connectivity index (χ1v) is 5.15. The van der Waals surface area contributed by atoms with Crippen LogP contribution >= 0.6 is 0 Å². The van der Waals surface area contributed by atoms with Gasteiger partial charge in [-0.1, -0.05) is 0 Å². The van der Waals surface area contributed by atoms with Gasteiger partial charge in [0.2, 0.25) is 5.95 Å². The van der Waals surface area contributed by atoms with Crippen LogP contribution in [-0.2, 0) is 7.05 Å². The molecule has 1 unspecified atom stereocenters. The Kier molecular flexibility index (Phi) is 2.72. The van der Waals surface area contributed by atoms with Gasteiger partial charge in [-0.2, -0.15) is 0 Å². The van der Waals surface area contributed by atoms with Gasteiger partial charge in [-0.15, -0.1) is 0 Å². The predicted octanol–water partition coefficient (Wildman–Crippen LogP) is 0.784. The largest absolute Gasteiger partial charge is 0.355 e. The van der Waals surface area contributed by atoms with E-state index in [0.717, 1.165) is 18.4 Å². The molecule has 1 fully saturated rings. The van der Waals surface area contributed by atoms with Crippen molar-refractivity contribution in [1.29, 1.82) is 0 Å². The van der Waals surface area contributed by atoms with Crippen LogP contribution in [0.15, 0.2) is 12.4 Å². The van der Waals surface area contributed by atoms with Gasteiger partial charge in [0.25, 0.3) is 0 Å². The summed E-state index contributed by atoms with van der Waals surface area (Å²) >= 11 is 0. The van der Waals surface area contributed by atoms with Gasteiger partial charge in [-0.3, -0.25) is 0 Å². The fraction of sp³-hybridized carbons (Fsp3) is 0.700. The summed E-state index contributed by atoms with van der Waals surface area (Å²) in [5.74, 6) is 1.75. The number of likely N-dealkylation sites (tertiary alicyclic amines) is 1.